The van der Waals surface area contributed by atoms with Crippen molar-refractivity contribution in [2.24, 2.45) is 5.41 Å². The van der Waals surface area contributed by atoms with Crippen molar-refractivity contribution in [2.45, 2.75) is 32.2 Å². The van der Waals surface area contributed by atoms with Crippen LogP contribution in [0.2, 0.25) is 0 Å². The Labute approximate surface area is 141 Å². The van der Waals surface area contributed by atoms with Gasteiger partial charge >= 0.3 is 0 Å². The molecule has 3 rings (SSSR count). The van der Waals surface area contributed by atoms with Crippen molar-refractivity contribution in [1.82, 2.24) is 14.2 Å². The second-order valence-corrected chi connectivity index (χ2v) is 9.01. The van der Waals surface area contributed by atoms with Gasteiger partial charge in [0.1, 0.15) is 0 Å². The van der Waals surface area contributed by atoms with Gasteiger partial charge < -0.3 is 0 Å². The van der Waals surface area contributed by atoms with Crippen molar-refractivity contribution in [3.05, 3.63) is 30.1 Å². The number of alkyl halides is 2. The zero-order valence-corrected chi connectivity index (χ0v) is 14.6. The van der Waals surface area contributed by atoms with Crippen LogP contribution in [0.25, 0.3) is 0 Å². The Morgan fingerprint density at radius 2 is 2.00 bits per heavy atom. The first-order valence-electron chi connectivity index (χ1n) is 8.26. The Morgan fingerprint density at radius 3 is 2.67 bits per heavy atom. The lowest BCUT2D eigenvalue weighted by Gasteiger charge is -2.45. The largest absolute Gasteiger partial charge is 0.297 e. The molecule has 0 aliphatic carbocycles. The Balaban J connectivity index is 1.77. The number of likely N-dealkylation sites (tertiary alicyclic amines) is 1. The molecule has 2 fully saturated rings. The van der Waals surface area contributed by atoms with Crippen LogP contribution in [0.15, 0.2) is 24.4 Å². The number of rotatable bonds is 4. The fraction of sp³-hybridized carbons (Fsp3) is 0.688. The number of hydrogen-bond donors (Lipinski definition) is 0. The molecule has 0 radical (unpaired) electrons. The van der Waals surface area contributed by atoms with Crippen LogP contribution < -0.4 is 0 Å². The summed E-state index contributed by atoms with van der Waals surface area (Å²) in [6, 6.07) is 5.56. The maximum absolute atomic E-state index is 14.7. The average Bonchev–Trinajstić information content (AvgIpc) is 2.95. The molecule has 1 unspecified atom stereocenters. The first kappa shape index (κ1) is 17.7. The molecule has 3 heterocycles. The first-order valence-corrected chi connectivity index (χ1v) is 9.87. The Hall–Kier alpha value is -1.12. The van der Waals surface area contributed by atoms with E-state index in [1.165, 1.54) is 4.31 Å². The molecule has 0 saturated carbocycles. The normalized spacial score (nSPS) is 28.5. The molecule has 2 aliphatic rings. The molecule has 0 amide bonds. The van der Waals surface area contributed by atoms with E-state index in [1.807, 2.05) is 23.1 Å². The van der Waals surface area contributed by atoms with E-state index in [1.54, 1.807) is 13.1 Å². The lowest BCUT2D eigenvalue weighted by atomic mass is 9.76. The highest BCUT2D eigenvalue weighted by atomic mass is 32.2. The number of nitrogens with zero attached hydrogens (tertiary/aromatic N) is 3. The fourth-order valence-corrected chi connectivity index (χ4v) is 4.90. The Bertz CT molecular complexity index is 684. The van der Waals surface area contributed by atoms with Crippen molar-refractivity contribution < 1.29 is 17.2 Å². The molecule has 0 bridgehead atoms. The van der Waals surface area contributed by atoms with Crippen LogP contribution in [-0.2, 0) is 16.6 Å². The zero-order chi connectivity index (χ0) is 17.4. The van der Waals surface area contributed by atoms with Crippen molar-refractivity contribution in [2.75, 3.05) is 31.9 Å². The van der Waals surface area contributed by atoms with Crippen molar-refractivity contribution >= 4 is 10.0 Å². The highest BCUT2D eigenvalue weighted by Gasteiger charge is 2.60. The summed E-state index contributed by atoms with van der Waals surface area (Å²) in [5, 5.41) is 0. The lowest BCUT2D eigenvalue weighted by molar-refractivity contribution is -0.149. The minimum absolute atomic E-state index is 0.0493. The number of hydrogen-bond acceptors (Lipinski definition) is 4. The summed E-state index contributed by atoms with van der Waals surface area (Å²) in [5.41, 5.74) is -0.450. The van der Waals surface area contributed by atoms with Crippen molar-refractivity contribution in [3.8, 4) is 0 Å². The number of piperidine rings is 1. The Morgan fingerprint density at radius 1 is 1.21 bits per heavy atom. The van der Waals surface area contributed by atoms with Gasteiger partial charge in [0.05, 0.1) is 16.9 Å². The van der Waals surface area contributed by atoms with Crippen LogP contribution in [0.1, 0.15) is 25.5 Å². The van der Waals surface area contributed by atoms with Crippen LogP contribution in [0.3, 0.4) is 0 Å². The van der Waals surface area contributed by atoms with Gasteiger partial charge in [0.2, 0.25) is 10.0 Å². The zero-order valence-electron chi connectivity index (χ0n) is 13.8. The van der Waals surface area contributed by atoms with Gasteiger partial charge in [0.25, 0.3) is 5.92 Å². The van der Waals surface area contributed by atoms with E-state index in [0.29, 0.717) is 19.5 Å². The monoisotopic (exact) mass is 359 g/mol. The quantitative estimate of drug-likeness (QED) is 0.825. The molecule has 24 heavy (non-hydrogen) atoms. The summed E-state index contributed by atoms with van der Waals surface area (Å²) in [5.74, 6) is -2.89. The molecule has 0 aromatic carbocycles. The molecule has 134 valence electrons. The predicted octanol–water partition coefficient (Wildman–Crippen LogP) is 1.96. The summed E-state index contributed by atoms with van der Waals surface area (Å²) in [6.07, 6.45) is 1.60. The van der Waals surface area contributed by atoms with Crippen LogP contribution >= 0.6 is 0 Å². The second kappa shape index (κ2) is 6.31. The maximum Gasteiger partial charge on any atom is 0.257 e. The molecule has 2 saturated heterocycles. The average molecular weight is 359 g/mol. The lowest BCUT2D eigenvalue weighted by Crippen LogP contribution is -2.58. The van der Waals surface area contributed by atoms with E-state index in [2.05, 4.69) is 4.98 Å². The van der Waals surface area contributed by atoms with E-state index in [9.17, 15) is 17.2 Å². The van der Waals surface area contributed by atoms with Crippen LogP contribution in [0.5, 0.6) is 0 Å². The summed E-state index contributed by atoms with van der Waals surface area (Å²) in [4.78, 5) is 6.20. The fourth-order valence-electron chi connectivity index (χ4n) is 3.72. The molecule has 5 nitrogen and oxygen atoms in total. The molecule has 8 heteroatoms. The van der Waals surface area contributed by atoms with Gasteiger partial charge in [-0.05, 0) is 32.0 Å². The van der Waals surface area contributed by atoms with E-state index < -0.39 is 27.8 Å². The van der Waals surface area contributed by atoms with Gasteiger partial charge in [-0.25, -0.2) is 21.5 Å². The van der Waals surface area contributed by atoms with Gasteiger partial charge in [0, 0.05) is 38.8 Å². The molecule has 1 spiro atoms. The van der Waals surface area contributed by atoms with Crippen LogP contribution in [0, 0.1) is 5.41 Å². The van der Waals surface area contributed by atoms with Crippen molar-refractivity contribution in [3.63, 3.8) is 0 Å². The van der Waals surface area contributed by atoms with Gasteiger partial charge in [-0.1, -0.05) is 6.07 Å². The molecule has 1 aromatic rings. The highest BCUT2D eigenvalue weighted by Crippen LogP contribution is 2.50. The molecular weight excluding hydrogens is 336 g/mol. The first-order chi connectivity index (χ1) is 11.3. The third kappa shape index (κ3) is 3.19. The minimum atomic E-state index is -3.44. The smallest absolute Gasteiger partial charge is 0.257 e. The molecule has 0 N–H and O–H groups in total. The molecule has 1 aromatic heterocycles. The summed E-state index contributed by atoms with van der Waals surface area (Å²) in [7, 11) is -3.44. The molecule has 1 atom stereocenters. The summed E-state index contributed by atoms with van der Waals surface area (Å²) >= 11 is 0. The van der Waals surface area contributed by atoms with E-state index in [-0.39, 0.29) is 25.4 Å². The third-order valence-electron chi connectivity index (χ3n) is 5.23. The summed E-state index contributed by atoms with van der Waals surface area (Å²) in [6.45, 7) is 2.62. The van der Waals surface area contributed by atoms with E-state index >= 15 is 0 Å². The number of pyridine rings is 1. The SMILES string of the molecule is CCS(=O)(=O)N1CCC(F)(F)C2(CCN(Cc3ccccn3)C2)C1. The van der Waals surface area contributed by atoms with Gasteiger partial charge in [-0.15, -0.1) is 0 Å². The predicted molar refractivity (Wildman–Crippen MR) is 87.2 cm³/mol. The van der Waals surface area contributed by atoms with Gasteiger partial charge in [0.15, 0.2) is 0 Å². The topological polar surface area (TPSA) is 53.5 Å². The highest BCUT2D eigenvalue weighted by molar-refractivity contribution is 7.89. The third-order valence-corrected chi connectivity index (χ3v) is 7.06. The van der Waals surface area contributed by atoms with E-state index in [0.717, 1.165) is 5.69 Å². The number of sulfonamides is 1. The number of halogens is 2. The summed E-state index contributed by atoms with van der Waals surface area (Å²) < 4.78 is 54.9. The minimum Gasteiger partial charge on any atom is -0.297 e. The van der Waals surface area contributed by atoms with Crippen molar-refractivity contribution in [1.29, 1.82) is 0 Å². The Kier molecular flexibility index (Phi) is 4.65. The van der Waals surface area contributed by atoms with Crippen LogP contribution in [0.4, 0.5) is 8.78 Å². The molecular formula is C16H23F2N3O2S. The van der Waals surface area contributed by atoms with E-state index in [4.69, 9.17) is 0 Å². The molecule has 2 aliphatic heterocycles. The van der Waals surface area contributed by atoms with Gasteiger partial charge in [-0.3, -0.25) is 9.88 Å². The maximum atomic E-state index is 14.7. The second-order valence-electron chi connectivity index (χ2n) is 6.75. The van der Waals surface area contributed by atoms with Crippen LogP contribution in [-0.4, -0.2) is 60.5 Å². The standard InChI is InChI=1S/C16H23F2N3O2S/c1-2-24(22,23)21-10-7-16(17,18)15(13-21)6-9-20(12-15)11-14-5-3-4-8-19-14/h3-5,8H,2,6-7,9-13H2,1H3. The van der Waals surface area contributed by atoms with Gasteiger partial charge in [-0.2, -0.15) is 0 Å². The number of aromatic nitrogens is 1.